The van der Waals surface area contributed by atoms with Gasteiger partial charge in [-0.3, -0.25) is 0 Å². The third-order valence-electron chi connectivity index (χ3n) is 4.08. The van der Waals surface area contributed by atoms with Gasteiger partial charge in [-0.05, 0) is 50.6 Å². The summed E-state index contributed by atoms with van der Waals surface area (Å²) in [6, 6.07) is 11.1. The third-order valence-corrected chi connectivity index (χ3v) is 5.32. The van der Waals surface area contributed by atoms with Gasteiger partial charge < -0.3 is 10.1 Å². The monoisotopic (exact) mass is 287 g/mol. The molecule has 3 rings (SSSR count). The first-order valence-electron chi connectivity index (χ1n) is 7.16. The van der Waals surface area contributed by atoms with Gasteiger partial charge >= 0.3 is 0 Å². The van der Waals surface area contributed by atoms with Crippen molar-refractivity contribution in [2.75, 3.05) is 13.7 Å². The van der Waals surface area contributed by atoms with Crippen molar-refractivity contribution >= 4 is 11.3 Å². The van der Waals surface area contributed by atoms with Gasteiger partial charge in [0, 0.05) is 21.7 Å². The van der Waals surface area contributed by atoms with E-state index in [1.165, 1.54) is 20.9 Å². The maximum absolute atomic E-state index is 5.80. The van der Waals surface area contributed by atoms with E-state index in [-0.39, 0.29) is 0 Å². The molecule has 1 aliphatic heterocycles. The first-order valence-corrected chi connectivity index (χ1v) is 7.98. The van der Waals surface area contributed by atoms with Gasteiger partial charge in [-0.1, -0.05) is 18.2 Å². The minimum absolute atomic E-state index is 0.374. The van der Waals surface area contributed by atoms with E-state index in [0.717, 1.165) is 18.8 Å². The second kappa shape index (κ2) is 5.58. The highest BCUT2D eigenvalue weighted by Gasteiger charge is 2.30. The zero-order valence-corrected chi connectivity index (χ0v) is 13.1. The number of likely N-dealkylation sites (N-methyl/N-ethyl adjacent to an activating group) is 1. The van der Waals surface area contributed by atoms with Crippen LogP contribution in [-0.4, -0.2) is 13.7 Å². The lowest BCUT2D eigenvalue weighted by atomic mass is 9.85. The van der Waals surface area contributed by atoms with Crippen LogP contribution in [0.1, 0.15) is 39.3 Å². The number of rotatable bonds is 3. The highest BCUT2D eigenvalue weighted by atomic mass is 32.1. The lowest BCUT2D eigenvalue weighted by molar-refractivity contribution is 0.249. The standard InChI is InChI=1S/C17H21NOS/c1-11-10-12(2)20-17(11)16(18-3)14-8-9-19-15-7-5-4-6-13(14)15/h4-7,10,14,16,18H,8-9H2,1-3H3. The van der Waals surface area contributed by atoms with Crippen LogP contribution in [0.5, 0.6) is 5.75 Å². The van der Waals surface area contributed by atoms with Gasteiger partial charge in [-0.15, -0.1) is 11.3 Å². The molecule has 2 heterocycles. The summed E-state index contributed by atoms with van der Waals surface area (Å²) in [5.74, 6) is 1.54. The molecule has 3 heteroatoms. The van der Waals surface area contributed by atoms with E-state index in [4.69, 9.17) is 4.74 Å². The van der Waals surface area contributed by atoms with E-state index < -0.39 is 0 Å². The molecule has 1 aliphatic rings. The summed E-state index contributed by atoms with van der Waals surface area (Å²) in [7, 11) is 2.07. The number of para-hydroxylation sites is 1. The highest BCUT2D eigenvalue weighted by molar-refractivity contribution is 7.12. The van der Waals surface area contributed by atoms with Crippen LogP contribution in [0.3, 0.4) is 0 Å². The average molecular weight is 287 g/mol. The molecule has 20 heavy (non-hydrogen) atoms. The van der Waals surface area contributed by atoms with Crippen LogP contribution in [0, 0.1) is 13.8 Å². The summed E-state index contributed by atoms with van der Waals surface area (Å²) in [6.07, 6.45) is 1.07. The first kappa shape index (κ1) is 13.7. The molecular formula is C17H21NOS. The predicted octanol–water partition coefficient (Wildman–Crippen LogP) is 4.19. The van der Waals surface area contributed by atoms with Crippen molar-refractivity contribution in [2.45, 2.75) is 32.2 Å². The van der Waals surface area contributed by atoms with Gasteiger partial charge in [0.2, 0.25) is 0 Å². The third kappa shape index (κ3) is 2.36. The normalized spacial score (nSPS) is 19.2. The Hall–Kier alpha value is -1.32. The Morgan fingerprint density at radius 1 is 1.30 bits per heavy atom. The molecule has 0 saturated heterocycles. The van der Waals surface area contributed by atoms with Crippen molar-refractivity contribution < 1.29 is 4.74 Å². The Kier molecular flexibility index (Phi) is 3.81. The molecule has 2 unspecified atom stereocenters. The topological polar surface area (TPSA) is 21.3 Å². The second-order valence-corrected chi connectivity index (χ2v) is 6.74. The molecule has 0 spiro atoms. The molecular weight excluding hydrogens is 266 g/mol. The maximum atomic E-state index is 5.80. The van der Waals surface area contributed by atoms with E-state index in [2.05, 4.69) is 56.5 Å². The van der Waals surface area contributed by atoms with Gasteiger partial charge in [0.1, 0.15) is 5.75 Å². The summed E-state index contributed by atoms with van der Waals surface area (Å²) in [5, 5.41) is 3.54. The quantitative estimate of drug-likeness (QED) is 0.914. The maximum Gasteiger partial charge on any atom is 0.122 e. The van der Waals surface area contributed by atoms with Crippen molar-refractivity contribution in [2.24, 2.45) is 0 Å². The Balaban J connectivity index is 2.01. The molecule has 2 aromatic rings. The molecule has 2 atom stereocenters. The number of benzene rings is 1. The number of hydrogen-bond donors (Lipinski definition) is 1. The minimum Gasteiger partial charge on any atom is -0.493 e. The predicted molar refractivity (Wildman–Crippen MR) is 84.9 cm³/mol. The Bertz CT molecular complexity index is 605. The number of hydrogen-bond acceptors (Lipinski definition) is 3. The van der Waals surface area contributed by atoms with Crippen LogP contribution in [0.2, 0.25) is 0 Å². The van der Waals surface area contributed by atoms with E-state index in [1.807, 2.05) is 11.3 Å². The largest absolute Gasteiger partial charge is 0.493 e. The van der Waals surface area contributed by atoms with Crippen LogP contribution < -0.4 is 10.1 Å². The molecule has 0 amide bonds. The Morgan fingerprint density at radius 2 is 2.10 bits per heavy atom. The van der Waals surface area contributed by atoms with Crippen LogP contribution >= 0.6 is 11.3 Å². The fourth-order valence-electron chi connectivity index (χ4n) is 3.20. The van der Waals surface area contributed by atoms with E-state index in [9.17, 15) is 0 Å². The van der Waals surface area contributed by atoms with E-state index in [1.54, 1.807) is 0 Å². The molecule has 0 radical (unpaired) electrons. The number of nitrogens with one attached hydrogen (secondary N) is 1. The molecule has 1 aromatic heterocycles. The SMILES string of the molecule is CNC(c1sc(C)cc1C)C1CCOc2ccccc21. The fourth-order valence-corrected chi connectivity index (χ4v) is 4.41. The highest BCUT2D eigenvalue weighted by Crippen LogP contribution is 2.43. The lowest BCUT2D eigenvalue weighted by Crippen LogP contribution is -2.27. The summed E-state index contributed by atoms with van der Waals surface area (Å²) >= 11 is 1.91. The Labute approximate surface area is 124 Å². The number of ether oxygens (including phenoxy) is 1. The fraction of sp³-hybridized carbons (Fsp3) is 0.412. The van der Waals surface area contributed by atoms with Crippen LogP contribution in [-0.2, 0) is 0 Å². The summed E-state index contributed by atoms with van der Waals surface area (Å²) in [6.45, 7) is 5.21. The molecule has 0 saturated carbocycles. The molecule has 2 nitrogen and oxygen atoms in total. The van der Waals surface area contributed by atoms with Gasteiger partial charge in [0.15, 0.2) is 0 Å². The van der Waals surface area contributed by atoms with Crippen molar-refractivity contribution in [3.8, 4) is 5.75 Å². The molecule has 1 N–H and O–H groups in total. The van der Waals surface area contributed by atoms with E-state index >= 15 is 0 Å². The average Bonchev–Trinajstić information content (AvgIpc) is 2.79. The first-order chi connectivity index (χ1) is 9.70. The van der Waals surface area contributed by atoms with E-state index in [0.29, 0.717) is 12.0 Å². The molecule has 106 valence electrons. The summed E-state index contributed by atoms with van der Waals surface area (Å²) in [5.41, 5.74) is 2.74. The second-order valence-electron chi connectivity index (χ2n) is 5.45. The van der Waals surface area contributed by atoms with Crippen molar-refractivity contribution in [1.29, 1.82) is 0 Å². The molecule has 0 aliphatic carbocycles. The van der Waals surface area contributed by atoms with Crippen LogP contribution in [0.25, 0.3) is 0 Å². The van der Waals surface area contributed by atoms with Gasteiger partial charge in [-0.2, -0.15) is 0 Å². The van der Waals surface area contributed by atoms with Crippen LogP contribution in [0.15, 0.2) is 30.3 Å². The number of thiophene rings is 1. The molecule has 0 bridgehead atoms. The van der Waals surface area contributed by atoms with Crippen LogP contribution in [0.4, 0.5) is 0 Å². The Morgan fingerprint density at radius 3 is 2.80 bits per heavy atom. The van der Waals surface area contributed by atoms with Crippen molar-refractivity contribution in [3.05, 3.63) is 51.2 Å². The zero-order valence-electron chi connectivity index (χ0n) is 12.3. The molecule has 1 aromatic carbocycles. The summed E-state index contributed by atoms with van der Waals surface area (Å²) in [4.78, 5) is 2.85. The van der Waals surface area contributed by atoms with Crippen molar-refractivity contribution in [3.63, 3.8) is 0 Å². The van der Waals surface area contributed by atoms with Gasteiger partial charge in [0.05, 0.1) is 6.61 Å². The van der Waals surface area contributed by atoms with Crippen molar-refractivity contribution in [1.82, 2.24) is 5.32 Å². The summed E-state index contributed by atoms with van der Waals surface area (Å²) < 4.78 is 5.80. The lowest BCUT2D eigenvalue weighted by Gasteiger charge is -2.32. The zero-order chi connectivity index (χ0) is 14.1. The smallest absolute Gasteiger partial charge is 0.122 e. The number of fused-ring (bicyclic) bond motifs is 1. The van der Waals surface area contributed by atoms with Gasteiger partial charge in [-0.25, -0.2) is 0 Å². The number of aryl methyl sites for hydroxylation is 2. The molecule has 0 fully saturated rings. The minimum atomic E-state index is 0.374. The van der Waals surface area contributed by atoms with Gasteiger partial charge in [0.25, 0.3) is 0 Å².